The lowest BCUT2D eigenvalue weighted by atomic mass is 9.98. The van der Waals surface area contributed by atoms with Crippen molar-refractivity contribution < 1.29 is 23.3 Å². The van der Waals surface area contributed by atoms with Crippen molar-refractivity contribution in [1.29, 1.82) is 5.26 Å². The lowest BCUT2D eigenvalue weighted by molar-refractivity contribution is 0.122. The van der Waals surface area contributed by atoms with Gasteiger partial charge in [0.2, 0.25) is 0 Å². The van der Waals surface area contributed by atoms with E-state index in [-0.39, 0.29) is 6.61 Å². The van der Waals surface area contributed by atoms with Crippen molar-refractivity contribution in [3.05, 3.63) is 82.8 Å². The summed E-state index contributed by atoms with van der Waals surface area (Å²) in [5.74, 6) is 1.80. The number of aromatic nitrogens is 2. The Balaban J connectivity index is 1.37. The van der Waals surface area contributed by atoms with Gasteiger partial charge in [0.1, 0.15) is 35.6 Å². The van der Waals surface area contributed by atoms with Gasteiger partial charge in [-0.2, -0.15) is 5.26 Å². The first-order valence-corrected chi connectivity index (χ1v) is 12.2. The van der Waals surface area contributed by atoms with Crippen LogP contribution in [0.25, 0.3) is 11.0 Å². The molecule has 1 aromatic heterocycles. The number of methoxy groups -OCH3 is 2. The van der Waals surface area contributed by atoms with Gasteiger partial charge in [0.15, 0.2) is 11.5 Å². The Hall–Kier alpha value is -4.42. The van der Waals surface area contributed by atoms with Gasteiger partial charge in [0, 0.05) is 24.7 Å². The zero-order valence-corrected chi connectivity index (χ0v) is 21.2. The molecule has 2 heterocycles. The molecule has 1 saturated heterocycles. The van der Waals surface area contributed by atoms with E-state index in [4.69, 9.17) is 23.9 Å². The summed E-state index contributed by atoms with van der Waals surface area (Å²) in [6.07, 6.45) is 2.24. The third kappa shape index (κ3) is 5.31. The van der Waals surface area contributed by atoms with Crippen LogP contribution in [0.1, 0.15) is 22.3 Å². The first-order valence-electron chi connectivity index (χ1n) is 12.2. The van der Waals surface area contributed by atoms with Crippen LogP contribution in [0.2, 0.25) is 0 Å². The van der Waals surface area contributed by atoms with Gasteiger partial charge in [-0.3, -0.25) is 4.98 Å². The molecule has 9 heteroatoms. The van der Waals surface area contributed by atoms with Crippen molar-refractivity contribution in [2.45, 2.75) is 13.0 Å². The maximum atomic E-state index is 14.3. The molecule has 0 radical (unpaired) electrons. The molecule has 8 nitrogen and oxygen atoms in total. The number of morpholine rings is 1. The van der Waals surface area contributed by atoms with E-state index in [1.165, 1.54) is 13.2 Å². The van der Waals surface area contributed by atoms with E-state index in [0.717, 1.165) is 30.0 Å². The number of halogens is 1. The lowest BCUT2D eigenvalue weighted by Crippen LogP contribution is -2.36. The number of hydrogen-bond donors (Lipinski definition) is 0. The summed E-state index contributed by atoms with van der Waals surface area (Å²) in [5.41, 5.74) is 3.93. The van der Waals surface area contributed by atoms with Gasteiger partial charge in [-0.1, -0.05) is 12.1 Å². The topological polar surface area (TPSA) is 89.7 Å². The van der Waals surface area contributed by atoms with Gasteiger partial charge in [0.05, 0.1) is 44.7 Å². The molecule has 194 valence electrons. The van der Waals surface area contributed by atoms with Crippen LogP contribution in [0.15, 0.2) is 54.7 Å². The van der Waals surface area contributed by atoms with E-state index in [2.05, 4.69) is 16.0 Å². The first-order chi connectivity index (χ1) is 18.6. The number of ether oxygens (including phenoxy) is 4. The van der Waals surface area contributed by atoms with Crippen molar-refractivity contribution >= 4 is 16.9 Å². The normalized spacial score (nSPS) is 13.3. The molecule has 0 aliphatic carbocycles. The summed E-state index contributed by atoms with van der Waals surface area (Å²) in [7, 11) is 3.05. The lowest BCUT2D eigenvalue weighted by Gasteiger charge is -2.27. The Morgan fingerprint density at radius 3 is 2.55 bits per heavy atom. The van der Waals surface area contributed by atoms with Gasteiger partial charge in [0.25, 0.3) is 0 Å². The van der Waals surface area contributed by atoms with Crippen LogP contribution in [-0.4, -0.2) is 50.5 Å². The molecule has 38 heavy (non-hydrogen) atoms. The molecule has 4 aromatic rings. The average Bonchev–Trinajstić information content (AvgIpc) is 2.96. The largest absolute Gasteiger partial charge is 0.497 e. The predicted octanol–water partition coefficient (Wildman–Crippen LogP) is 4.66. The molecule has 0 atom stereocenters. The van der Waals surface area contributed by atoms with Gasteiger partial charge >= 0.3 is 0 Å². The van der Waals surface area contributed by atoms with E-state index in [1.807, 2.05) is 24.3 Å². The Bertz CT molecular complexity index is 1500. The first kappa shape index (κ1) is 25.2. The maximum Gasteiger partial charge on any atom is 0.161 e. The molecule has 1 aliphatic rings. The van der Waals surface area contributed by atoms with Crippen molar-refractivity contribution in [2.75, 3.05) is 45.4 Å². The Morgan fingerprint density at radius 1 is 1.00 bits per heavy atom. The Kier molecular flexibility index (Phi) is 7.52. The standard InChI is InChI=1S/C29H27FN4O4/c1-35-22-6-4-21(24(30)15-22)18-38-26-8-3-19(14-27(26)36-2)13-20-5-7-25-29(23(20)16-31)33-28(17-32-25)34-9-11-37-12-10-34/h3-8,14-15,17H,9-13,18H2,1-2H3. The number of benzene rings is 3. The van der Waals surface area contributed by atoms with E-state index in [0.29, 0.717) is 59.0 Å². The summed E-state index contributed by atoms with van der Waals surface area (Å²) in [5, 5.41) is 10.0. The number of hydrogen-bond acceptors (Lipinski definition) is 8. The Morgan fingerprint density at radius 2 is 1.82 bits per heavy atom. The second kappa shape index (κ2) is 11.3. The number of rotatable bonds is 8. The van der Waals surface area contributed by atoms with Gasteiger partial charge < -0.3 is 23.8 Å². The fourth-order valence-electron chi connectivity index (χ4n) is 4.42. The minimum absolute atomic E-state index is 0.0406. The molecule has 5 rings (SSSR count). The van der Waals surface area contributed by atoms with E-state index >= 15 is 0 Å². The van der Waals surface area contributed by atoms with Crippen LogP contribution in [0, 0.1) is 17.1 Å². The Labute approximate surface area is 220 Å². The molecule has 0 spiro atoms. The highest BCUT2D eigenvalue weighted by Gasteiger charge is 2.17. The van der Waals surface area contributed by atoms with E-state index < -0.39 is 5.82 Å². The SMILES string of the molecule is COc1ccc(COc2ccc(Cc3ccc4ncc(N5CCOCC5)nc4c3C#N)cc2OC)c(F)c1. The van der Waals surface area contributed by atoms with Crippen LogP contribution < -0.4 is 19.1 Å². The van der Waals surface area contributed by atoms with Gasteiger partial charge in [-0.15, -0.1) is 0 Å². The van der Waals surface area contributed by atoms with Crippen LogP contribution in [0.5, 0.6) is 17.2 Å². The average molecular weight is 515 g/mol. The molecule has 0 amide bonds. The molecule has 0 saturated carbocycles. The quantitative estimate of drug-likeness (QED) is 0.335. The van der Waals surface area contributed by atoms with E-state index in [9.17, 15) is 9.65 Å². The number of nitriles is 1. The molecular formula is C29H27FN4O4. The summed E-state index contributed by atoms with van der Waals surface area (Å²) < 4.78 is 36.2. The molecule has 1 fully saturated rings. The fourth-order valence-corrected chi connectivity index (χ4v) is 4.42. The van der Waals surface area contributed by atoms with Crippen molar-refractivity contribution in [3.8, 4) is 23.3 Å². The van der Waals surface area contributed by atoms with Gasteiger partial charge in [-0.25, -0.2) is 9.37 Å². The van der Waals surface area contributed by atoms with Crippen molar-refractivity contribution in [1.82, 2.24) is 9.97 Å². The molecule has 0 N–H and O–H groups in total. The van der Waals surface area contributed by atoms with Gasteiger partial charge in [-0.05, 0) is 47.9 Å². The second-order valence-electron chi connectivity index (χ2n) is 8.81. The highest BCUT2D eigenvalue weighted by molar-refractivity contribution is 5.83. The van der Waals surface area contributed by atoms with Crippen LogP contribution in [0.3, 0.4) is 0 Å². The second-order valence-corrected chi connectivity index (χ2v) is 8.81. The molecule has 0 unspecified atom stereocenters. The monoisotopic (exact) mass is 514 g/mol. The predicted molar refractivity (Wildman–Crippen MR) is 140 cm³/mol. The minimum Gasteiger partial charge on any atom is -0.497 e. The zero-order valence-electron chi connectivity index (χ0n) is 21.2. The van der Waals surface area contributed by atoms with E-state index in [1.54, 1.807) is 31.5 Å². The highest BCUT2D eigenvalue weighted by Crippen LogP contribution is 2.31. The van der Waals surface area contributed by atoms with Crippen molar-refractivity contribution in [3.63, 3.8) is 0 Å². The molecule has 3 aromatic carbocycles. The molecule has 0 bridgehead atoms. The van der Waals surface area contributed by atoms with Crippen LogP contribution in [-0.2, 0) is 17.8 Å². The molecule has 1 aliphatic heterocycles. The van der Waals surface area contributed by atoms with Crippen LogP contribution >= 0.6 is 0 Å². The fraction of sp³-hybridized carbons (Fsp3) is 0.276. The summed E-state index contributed by atoms with van der Waals surface area (Å²) in [6.45, 7) is 2.80. The minimum atomic E-state index is -0.403. The summed E-state index contributed by atoms with van der Waals surface area (Å²) >= 11 is 0. The number of anilines is 1. The highest BCUT2D eigenvalue weighted by atomic mass is 19.1. The summed E-state index contributed by atoms with van der Waals surface area (Å²) in [6, 6.07) is 16.3. The summed E-state index contributed by atoms with van der Waals surface area (Å²) in [4.78, 5) is 11.5. The zero-order chi connectivity index (χ0) is 26.5. The maximum absolute atomic E-state index is 14.3. The number of nitrogens with zero attached hydrogens (tertiary/aromatic N) is 4. The smallest absolute Gasteiger partial charge is 0.161 e. The third-order valence-corrected chi connectivity index (χ3v) is 6.50. The van der Waals surface area contributed by atoms with Crippen molar-refractivity contribution in [2.24, 2.45) is 0 Å². The molecular weight excluding hydrogens is 487 g/mol. The third-order valence-electron chi connectivity index (χ3n) is 6.50. The number of fused-ring (bicyclic) bond motifs is 1. The van der Waals surface area contributed by atoms with Crippen LogP contribution in [0.4, 0.5) is 10.2 Å².